The summed E-state index contributed by atoms with van der Waals surface area (Å²) >= 11 is 0. The van der Waals surface area contributed by atoms with E-state index in [0.29, 0.717) is 0 Å². The van der Waals surface area contributed by atoms with Crippen LogP contribution in [0.2, 0.25) is 0 Å². The van der Waals surface area contributed by atoms with Gasteiger partial charge in [-0.15, -0.1) is 0 Å². The van der Waals surface area contributed by atoms with E-state index in [2.05, 4.69) is 0 Å². The summed E-state index contributed by atoms with van der Waals surface area (Å²) in [5.41, 5.74) is 0. The zero-order valence-electron chi connectivity index (χ0n) is 8.76. The first kappa shape index (κ1) is 17.6. The van der Waals surface area contributed by atoms with Crippen molar-refractivity contribution in [2.45, 2.75) is 27.7 Å². The Labute approximate surface area is 76.1 Å². The molecule has 0 rings (SSSR count). The SMILES string of the molecule is C=O.CCOCC.CCOCC. The highest BCUT2D eigenvalue weighted by Gasteiger charge is 1.64. The lowest BCUT2D eigenvalue weighted by molar-refractivity contribution is -0.0979. The van der Waals surface area contributed by atoms with Gasteiger partial charge < -0.3 is 14.3 Å². The summed E-state index contributed by atoms with van der Waals surface area (Å²) in [5, 5.41) is 0. The number of carbonyl (C=O) groups excluding carboxylic acids is 1. The lowest BCUT2D eigenvalue weighted by atomic mass is 10.8. The van der Waals surface area contributed by atoms with Crippen LogP contribution in [0.25, 0.3) is 0 Å². The van der Waals surface area contributed by atoms with Crippen molar-refractivity contribution in [3.05, 3.63) is 0 Å². The van der Waals surface area contributed by atoms with E-state index < -0.39 is 0 Å². The Morgan fingerprint density at radius 2 is 0.917 bits per heavy atom. The highest BCUT2D eigenvalue weighted by molar-refractivity contribution is 5.10. The molecule has 0 atom stereocenters. The third kappa shape index (κ3) is 54.9. The van der Waals surface area contributed by atoms with Crippen LogP contribution >= 0.6 is 0 Å². The molecule has 0 bridgehead atoms. The first-order valence-corrected chi connectivity index (χ1v) is 4.27. The van der Waals surface area contributed by atoms with Crippen molar-refractivity contribution in [3.8, 4) is 0 Å². The third-order valence-electron chi connectivity index (χ3n) is 0.816. The molecule has 76 valence electrons. The van der Waals surface area contributed by atoms with Gasteiger partial charge in [0.25, 0.3) is 0 Å². The molecule has 0 fully saturated rings. The van der Waals surface area contributed by atoms with Gasteiger partial charge in [0.2, 0.25) is 0 Å². The second-order valence-electron chi connectivity index (χ2n) is 1.56. The van der Waals surface area contributed by atoms with Gasteiger partial charge in [0.1, 0.15) is 6.79 Å². The topological polar surface area (TPSA) is 35.5 Å². The van der Waals surface area contributed by atoms with Crippen molar-refractivity contribution in [1.82, 2.24) is 0 Å². The van der Waals surface area contributed by atoms with Gasteiger partial charge in [-0.3, -0.25) is 0 Å². The first-order valence-electron chi connectivity index (χ1n) is 4.27. The van der Waals surface area contributed by atoms with E-state index in [-0.39, 0.29) is 0 Å². The van der Waals surface area contributed by atoms with Gasteiger partial charge in [-0.2, -0.15) is 0 Å². The maximum Gasteiger partial charge on any atom is 0.106 e. The standard InChI is InChI=1S/2C4H10O.CH2O/c2*1-3-5-4-2;1-2/h2*3-4H2,1-2H3;1H2. The van der Waals surface area contributed by atoms with Gasteiger partial charge in [0.15, 0.2) is 0 Å². The molecule has 0 aromatic carbocycles. The molecule has 0 aromatic rings. The monoisotopic (exact) mass is 178 g/mol. The second-order valence-corrected chi connectivity index (χ2v) is 1.56. The normalized spacial score (nSPS) is 7.33. The molecule has 0 radical (unpaired) electrons. The number of hydrogen-bond donors (Lipinski definition) is 0. The average Bonchev–Trinajstić information content (AvgIpc) is 2.12. The van der Waals surface area contributed by atoms with E-state index in [9.17, 15) is 0 Å². The number of carbonyl (C=O) groups is 1. The van der Waals surface area contributed by atoms with Crippen LogP contribution in [0, 0.1) is 0 Å². The zero-order valence-corrected chi connectivity index (χ0v) is 8.76. The van der Waals surface area contributed by atoms with Crippen LogP contribution in [0.3, 0.4) is 0 Å². The van der Waals surface area contributed by atoms with Crippen molar-refractivity contribution in [3.63, 3.8) is 0 Å². The number of ether oxygens (including phenoxy) is 2. The summed E-state index contributed by atoms with van der Waals surface area (Å²) < 4.78 is 9.67. The zero-order chi connectivity index (χ0) is 10.2. The molecule has 12 heavy (non-hydrogen) atoms. The predicted molar refractivity (Wildman–Crippen MR) is 51.5 cm³/mol. The minimum Gasteiger partial charge on any atom is -0.382 e. The summed E-state index contributed by atoms with van der Waals surface area (Å²) in [6, 6.07) is 0. The Morgan fingerprint density at radius 1 is 0.750 bits per heavy atom. The van der Waals surface area contributed by atoms with Crippen LogP contribution in [-0.2, 0) is 14.3 Å². The Hall–Kier alpha value is -0.410. The lowest BCUT2D eigenvalue weighted by Gasteiger charge is -1.86. The number of hydrogen-bond acceptors (Lipinski definition) is 3. The molecule has 0 saturated heterocycles. The maximum absolute atomic E-state index is 8.00. The van der Waals surface area contributed by atoms with Gasteiger partial charge in [-0.05, 0) is 27.7 Å². The Balaban J connectivity index is -0.000000112. The Morgan fingerprint density at radius 3 is 0.917 bits per heavy atom. The summed E-state index contributed by atoms with van der Waals surface area (Å²) in [5.74, 6) is 0. The van der Waals surface area contributed by atoms with Crippen molar-refractivity contribution in [1.29, 1.82) is 0 Å². The van der Waals surface area contributed by atoms with E-state index in [4.69, 9.17) is 14.3 Å². The van der Waals surface area contributed by atoms with Crippen LogP contribution in [0.15, 0.2) is 0 Å². The van der Waals surface area contributed by atoms with Crippen molar-refractivity contribution >= 4 is 6.79 Å². The van der Waals surface area contributed by atoms with E-state index in [0.717, 1.165) is 26.4 Å². The fraction of sp³-hybridized carbons (Fsp3) is 0.889. The molecule has 3 nitrogen and oxygen atoms in total. The molecule has 0 aliphatic rings. The molecule has 0 aliphatic heterocycles. The highest BCUT2D eigenvalue weighted by atomic mass is 16.5. The van der Waals surface area contributed by atoms with E-state index in [1.165, 1.54) is 0 Å². The van der Waals surface area contributed by atoms with E-state index in [1.807, 2.05) is 34.5 Å². The van der Waals surface area contributed by atoms with Crippen molar-refractivity contribution in [2.24, 2.45) is 0 Å². The highest BCUT2D eigenvalue weighted by Crippen LogP contribution is 1.64. The summed E-state index contributed by atoms with van der Waals surface area (Å²) in [4.78, 5) is 8.00. The second kappa shape index (κ2) is 31.2. The van der Waals surface area contributed by atoms with Gasteiger partial charge in [0.05, 0.1) is 0 Å². The molecule has 0 heterocycles. The fourth-order valence-electron chi connectivity index (χ4n) is 0.408. The smallest absolute Gasteiger partial charge is 0.106 e. The van der Waals surface area contributed by atoms with Gasteiger partial charge in [-0.1, -0.05) is 0 Å². The summed E-state index contributed by atoms with van der Waals surface area (Å²) in [6.45, 7) is 13.3. The van der Waals surface area contributed by atoms with Crippen LogP contribution in [0.5, 0.6) is 0 Å². The molecule has 3 heteroatoms. The fourth-order valence-corrected chi connectivity index (χ4v) is 0.408. The minimum atomic E-state index is 0.844. The van der Waals surface area contributed by atoms with Gasteiger partial charge in [0, 0.05) is 26.4 Å². The van der Waals surface area contributed by atoms with Crippen LogP contribution in [-0.4, -0.2) is 33.2 Å². The third-order valence-corrected chi connectivity index (χ3v) is 0.816. The molecule has 0 N–H and O–H groups in total. The minimum absolute atomic E-state index is 0.844. The molecule has 0 saturated carbocycles. The van der Waals surface area contributed by atoms with Crippen molar-refractivity contribution in [2.75, 3.05) is 26.4 Å². The molecule has 0 spiro atoms. The first-order chi connectivity index (χ1) is 5.83. The van der Waals surface area contributed by atoms with Crippen LogP contribution in [0.1, 0.15) is 27.7 Å². The molecule has 0 aliphatic carbocycles. The molecular weight excluding hydrogens is 156 g/mol. The maximum atomic E-state index is 8.00. The lowest BCUT2D eigenvalue weighted by Crippen LogP contribution is -1.84. The summed E-state index contributed by atoms with van der Waals surface area (Å²) in [7, 11) is 0. The number of rotatable bonds is 4. The largest absolute Gasteiger partial charge is 0.382 e. The predicted octanol–water partition coefficient (Wildman–Crippen LogP) is 1.90. The Kier molecular flexibility index (Phi) is 45.8. The van der Waals surface area contributed by atoms with Crippen LogP contribution in [0.4, 0.5) is 0 Å². The molecule has 0 amide bonds. The average molecular weight is 178 g/mol. The van der Waals surface area contributed by atoms with E-state index >= 15 is 0 Å². The van der Waals surface area contributed by atoms with Gasteiger partial charge >= 0.3 is 0 Å². The Bertz CT molecular complexity index is 39.0. The van der Waals surface area contributed by atoms with Gasteiger partial charge in [-0.25, -0.2) is 0 Å². The molecule has 0 unspecified atom stereocenters. The van der Waals surface area contributed by atoms with E-state index in [1.54, 1.807) is 0 Å². The molecular formula is C9H22O3. The molecule has 0 aromatic heterocycles. The quantitative estimate of drug-likeness (QED) is 0.659. The van der Waals surface area contributed by atoms with Crippen molar-refractivity contribution < 1.29 is 14.3 Å². The van der Waals surface area contributed by atoms with Crippen LogP contribution < -0.4 is 0 Å². The summed E-state index contributed by atoms with van der Waals surface area (Å²) in [6.07, 6.45) is 0.